The Bertz CT molecular complexity index is 939. The zero-order valence-corrected chi connectivity index (χ0v) is 16.4. The van der Waals surface area contributed by atoms with Gasteiger partial charge in [-0.25, -0.2) is 8.42 Å². The highest BCUT2D eigenvalue weighted by Gasteiger charge is 2.53. The summed E-state index contributed by atoms with van der Waals surface area (Å²) in [5.74, 6) is 0.109. The number of rotatable bonds is 3. The van der Waals surface area contributed by atoms with E-state index in [1.165, 1.54) is 0 Å². The fourth-order valence-electron chi connectivity index (χ4n) is 4.35. The minimum absolute atomic E-state index is 0.00228. The Morgan fingerprint density at radius 1 is 0.963 bits per heavy atom. The number of hydrogen-bond donors (Lipinski definition) is 0. The van der Waals surface area contributed by atoms with Crippen LogP contribution in [0, 0.1) is 5.92 Å². The van der Waals surface area contributed by atoms with E-state index in [1.54, 1.807) is 4.90 Å². The minimum atomic E-state index is -3.14. The molecule has 2 saturated heterocycles. The van der Waals surface area contributed by atoms with Crippen molar-refractivity contribution in [1.82, 2.24) is 9.80 Å². The van der Waals surface area contributed by atoms with E-state index in [0.717, 1.165) is 11.1 Å². The van der Waals surface area contributed by atoms with Gasteiger partial charge in [-0.1, -0.05) is 42.5 Å². The van der Waals surface area contributed by atoms with Crippen LogP contribution in [-0.2, 0) is 9.84 Å². The average molecular weight is 385 g/mol. The summed E-state index contributed by atoms with van der Waals surface area (Å²) in [4.78, 5) is 16.6. The van der Waals surface area contributed by atoms with Crippen molar-refractivity contribution in [2.75, 3.05) is 32.9 Å². The standard InChI is InChI=1S/C21H24N2O3S/c1-22(2)19-14-27(25,26)20-13-23(12-18(19)20)21(24)17-10-8-16(9-11-17)15-6-4-3-5-7-15/h3-11,18-20H,12-14H2,1-2H3/t18-,19+,20-/m0/s1. The molecule has 0 N–H and O–H groups in total. The first-order valence-electron chi connectivity index (χ1n) is 9.19. The van der Waals surface area contributed by atoms with Crippen LogP contribution in [0.15, 0.2) is 54.6 Å². The van der Waals surface area contributed by atoms with Crippen molar-refractivity contribution in [3.8, 4) is 11.1 Å². The van der Waals surface area contributed by atoms with Crippen molar-refractivity contribution in [3.63, 3.8) is 0 Å². The first-order valence-corrected chi connectivity index (χ1v) is 10.9. The maximum absolute atomic E-state index is 12.9. The van der Waals surface area contributed by atoms with Crippen LogP contribution in [-0.4, -0.2) is 68.4 Å². The number of nitrogens with zero attached hydrogens (tertiary/aromatic N) is 2. The summed E-state index contributed by atoms with van der Waals surface area (Å²) < 4.78 is 25.0. The van der Waals surface area contributed by atoms with Gasteiger partial charge in [0.2, 0.25) is 0 Å². The lowest BCUT2D eigenvalue weighted by atomic mass is 10.00. The largest absolute Gasteiger partial charge is 0.337 e. The van der Waals surface area contributed by atoms with Gasteiger partial charge in [0.1, 0.15) is 0 Å². The summed E-state index contributed by atoms with van der Waals surface area (Å²) in [7, 11) is 0.679. The van der Waals surface area contributed by atoms with Gasteiger partial charge in [-0.05, 0) is 37.4 Å². The van der Waals surface area contributed by atoms with E-state index in [0.29, 0.717) is 18.7 Å². The molecular formula is C21H24N2O3S. The summed E-state index contributed by atoms with van der Waals surface area (Å²) in [6.45, 7) is 0.808. The van der Waals surface area contributed by atoms with Gasteiger partial charge in [0, 0.05) is 30.6 Å². The van der Waals surface area contributed by atoms with Crippen molar-refractivity contribution in [2.45, 2.75) is 11.3 Å². The fraction of sp³-hybridized carbons (Fsp3) is 0.381. The van der Waals surface area contributed by atoms with Gasteiger partial charge in [0.05, 0.1) is 11.0 Å². The highest BCUT2D eigenvalue weighted by atomic mass is 32.2. The van der Waals surface area contributed by atoms with Crippen molar-refractivity contribution in [1.29, 1.82) is 0 Å². The maximum atomic E-state index is 12.9. The third-order valence-electron chi connectivity index (χ3n) is 5.86. The Morgan fingerprint density at radius 3 is 2.22 bits per heavy atom. The number of hydrogen-bond acceptors (Lipinski definition) is 4. The topological polar surface area (TPSA) is 57.7 Å². The summed E-state index contributed by atoms with van der Waals surface area (Å²) in [5.41, 5.74) is 2.77. The van der Waals surface area contributed by atoms with Crippen LogP contribution in [0.5, 0.6) is 0 Å². The van der Waals surface area contributed by atoms with Gasteiger partial charge in [-0.3, -0.25) is 4.79 Å². The van der Waals surface area contributed by atoms with Crippen molar-refractivity contribution >= 4 is 15.7 Å². The Balaban J connectivity index is 1.53. The smallest absolute Gasteiger partial charge is 0.253 e. The van der Waals surface area contributed by atoms with Crippen LogP contribution < -0.4 is 0 Å². The van der Waals surface area contributed by atoms with Crippen LogP contribution in [0.1, 0.15) is 10.4 Å². The Labute approximate surface area is 160 Å². The maximum Gasteiger partial charge on any atom is 0.253 e. The van der Waals surface area contributed by atoms with E-state index in [1.807, 2.05) is 73.6 Å². The van der Waals surface area contributed by atoms with Crippen LogP contribution in [0.4, 0.5) is 0 Å². The Morgan fingerprint density at radius 2 is 1.59 bits per heavy atom. The third kappa shape index (κ3) is 3.28. The lowest BCUT2D eigenvalue weighted by molar-refractivity contribution is 0.0779. The predicted octanol–water partition coefficient (Wildman–Crippen LogP) is 2.15. The molecule has 2 aliphatic rings. The summed E-state index contributed by atoms with van der Waals surface area (Å²) in [6.07, 6.45) is 0. The molecule has 6 heteroatoms. The second kappa shape index (κ2) is 6.77. The predicted molar refractivity (Wildman–Crippen MR) is 106 cm³/mol. The fourth-order valence-corrected chi connectivity index (χ4v) is 6.83. The number of carbonyl (C=O) groups excluding carboxylic acids is 1. The van der Waals surface area contributed by atoms with Gasteiger partial charge >= 0.3 is 0 Å². The van der Waals surface area contributed by atoms with Crippen molar-refractivity contribution < 1.29 is 13.2 Å². The molecule has 3 atom stereocenters. The average Bonchev–Trinajstić information content (AvgIpc) is 3.21. The van der Waals surface area contributed by atoms with Crippen molar-refractivity contribution in [3.05, 3.63) is 60.2 Å². The number of likely N-dealkylation sites (tertiary alicyclic amines) is 1. The van der Waals surface area contributed by atoms with Gasteiger partial charge in [0.25, 0.3) is 5.91 Å². The molecule has 0 aromatic heterocycles. The second-order valence-electron chi connectivity index (χ2n) is 7.72. The van der Waals surface area contributed by atoms with Gasteiger partial charge in [-0.15, -0.1) is 0 Å². The molecule has 0 saturated carbocycles. The summed E-state index contributed by atoms with van der Waals surface area (Å²) >= 11 is 0. The molecule has 2 heterocycles. The minimum Gasteiger partial charge on any atom is -0.337 e. The zero-order chi connectivity index (χ0) is 19.2. The number of fused-ring (bicyclic) bond motifs is 1. The molecule has 2 fully saturated rings. The molecule has 27 heavy (non-hydrogen) atoms. The molecule has 1 amide bonds. The Hall–Kier alpha value is -2.18. The molecule has 0 radical (unpaired) electrons. The van der Waals surface area contributed by atoms with E-state index >= 15 is 0 Å². The second-order valence-corrected chi connectivity index (χ2v) is 9.98. The molecule has 0 aliphatic carbocycles. The SMILES string of the molecule is CN(C)[C@@H]1CS(=O)(=O)[C@H]2CN(C(=O)c3ccc(-c4ccccc4)cc3)C[C@@H]12. The first kappa shape index (κ1) is 18.2. The van der Waals surface area contributed by atoms with Crippen LogP contribution >= 0.6 is 0 Å². The first-order chi connectivity index (χ1) is 12.9. The number of amides is 1. The zero-order valence-electron chi connectivity index (χ0n) is 15.6. The number of benzene rings is 2. The molecule has 5 nitrogen and oxygen atoms in total. The molecule has 142 valence electrons. The van der Waals surface area contributed by atoms with Crippen LogP contribution in [0.3, 0.4) is 0 Å². The molecule has 2 aliphatic heterocycles. The van der Waals surface area contributed by atoms with Gasteiger partial charge < -0.3 is 9.80 Å². The lowest BCUT2D eigenvalue weighted by Gasteiger charge is -2.25. The number of sulfone groups is 1. The van der Waals surface area contributed by atoms with Crippen LogP contribution in [0.2, 0.25) is 0 Å². The molecule has 2 aromatic rings. The van der Waals surface area contributed by atoms with E-state index < -0.39 is 15.1 Å². The van der Waals surface area contributed by atoms with Crippen LogP contribution in [0.25, 0.3) is 11.1 Å². The molecule has 0 unspecified atom stereocenters. The molecule has 2 aromatic carbocycles. The Kier molecular flexibility index (Phi) is 4.56. The number of carbonyl (C=O) groups is 1. The third-order valence-corrected chi connectivity index (χ3v) is 8.08. The molecule has 0 spiro atoms. The van der Waals surface area contributed by atoms with Gasteiger partial charge in [0.15, 0.2) is 9.84 Å². The molecule has 4 rings (SSSR count). The monoisotopic (exact) mass is 384 g/mol. The highest BCUT2D eigenvalue weighted by molar-refractivity contribution is 7.92. The van der Waals surface area contributed by atoms with Crippen molar-refractivity contribution in [2.24, 2.45) is 5.92 Å². The van der Waals surface area contributed by atoms with E-state index in [2.05, 4.69) is 0 Å². The molecule has 0 bridgehead atoms. The normalized spacial score (nSPS) is 26.3. The molecular weight excluding hydrogens is 360 g/mol. The lowest BCUT2D eigenvalue weighted by Crippen LogP contribution is -2.38. The summed E-state index contributed by atoms with van der Waals surface area (Å²) in [6, 6.07) is 17.5. The summed E-state index contributed by atoms with van der Waals surface area (Å²) in [5, 5.41) is -0.433. The van der Waals surface area contributed by atoms with Gasteiger partial charge in [-0.2, -0.15) is 0 Å². The quantitative estimate of drug-likeness (QED) is 0.814. The van der Waals surface area contributed by atoms with E-state index in [4.69, 9.17) is 0 Å². The highest BCUT2D eigenvalue weighted by Crippen LogP contribution is 2.36. The van der Waals surface area contributed by atoms with E-state index in [9.17, 15) is 13.2 Å². The van der Waals surface area contributed by atoms with E-state index in [-0.39, 0.29) is 23.6 Å².